The summed E-state index contributed by atoms with van der Waals surface area (Å²) in [6.45, 7) is 0. The predicted molar refractivity (Wildman–Crippen MR) is 83.0 cm³/mol. The zero-order chi connectivity index (χ0) is 13.9. The second-order valence-electron chi connectivity index (χ2n) is 6.28. The molecule has 2 aliphatic rings. The van der Waals surface area contributed by atoms with Crippen LogP contribution in [0, 0.1) is 17.8 Å². The largest absolute Gasteiger partial charge is 0.480 e. The van der Waals surface area contributed by atoms with Gasteiger partial charge in [0, 0.05) is 0 Å². The Morgan fingerprint density at radius 2 is 2.05 bits per heavy atom. The summed E-state index contributed by atoms with van der Waals surface area (Å²) < 4.78 is 0. The van der Waals surface area contributed by atoms with Crippen molar-refractivity contribution >= 4 is 17.7 Å². The van der Waals surface area contributed by atoms with Crippen LogP contribution in [0.25, 0.3) is 0 Å². The van der Waals surface area contributed by atoms with E-state index in [1.165, 1.54) is 25.7 Å². The number of carboxylic acid groups (broad SMARTS) is 1. The first-order valence-electron chi connectivity index (χ1n) is 7.60. The molecule has 20 heavy (non-hydrogen) atoms. The predicted octanol–water partition coefficient (Wildman–Crippen LogP) is 3.85. The maximum atomic E-state index is 11.4. The Balaban J connectivity index is 1.54. The van der Waals surface area contributed by atoms with E-state index in [1.54, 1.807) is 11.8 Å². The Morgan fingerprint density at radius 3 is 2.65 bits per heavy atom. The number of carboxylic acids is 1. The van der Waals surface area contributed by atoms with Crippen LogP contribution in [0.3, 0.4) is 0 Å². The quantitative estimate of drug-likeness (QED) is 0.864. The van der Waals surface area contributed by atoms with E-state index in [2.05, 4.69) is 0 Å². The molecule has 2 aliphatic carbocycles. The molecule has 0 aromatic heterocycles. The van der Waals surface area contributed by atoms with Crippen molar-refractivity contribution in [1.82, 2.24) is 0 Å². The number of benzene rings is 1. The van der Waals surface area contributed by atoms with Crippen molar-refractivity contribution in [1.29, 1.82) is 0 Å². The zero-order valence-corrected chi connectivity index (χ0v) is 12.5. The molecule has 4 atom stereocenters. The Labute approximate surface area is 125 Å². The van der Waals surface area contributed by atoms with Gasteiger partial charge in [0.25, 0.3) is 0 Å². The molecule has 2 bridgehead atoms. The summed E-state index contributed by atoms with van der Waals surface area (Å²) in [7, 11) is 0. The molecule has 1 aromatic carbocycles. The molecule has 2 nitrogen and oxygen atoms in total. The zero-order valence-electron chi connectivity index (χ0n) is 11.7. The van der Waals surface area contributed by atoms with Crippen LogP contribution in [-0.2, 0) is 11.2 Å². The third-order valence-corrected chi connectivity index (χ3v) is 6.33. The van der Waals surface area contributed by atoms with Crippen LogP contribution in [0.2, 0.25) is 0 Å². The summed E-state index contributed by atoms with van der Waals surface area (Å²) in [6, 6.07) is 9.98. The number of aliphatic carboxylic acids is 1. The number of hydrogen-bond acceptors (Lipinski definition) is 2. The smallest absolute Gasteiger partial charge is 0.316 e. The molecular weight excluding hydrogens is 268 g/mol. The standard InChI is InChI=1S/C17H22O2S/c18-17(19)16(10-12-4-2-1-3-5-12)20-11-15-9-13-6-7-14(15)8-13/h1-5,13-16H,6-11H2,(H,18,19). The molecule has 0 heterocycles. The van der Waals surface area contributed by atoms with E-state index in [0.717, 1.165) is 29.1 Å². The van der Waals surface area contributed by atoms with Gasteiger partial charge in [-0.25, -0.2) is 0 Å². The van der Waals surface area contributed by atoms with E-state index >= 15 is 0 Å². The molecule has 1 N–H and O–H groups in total. The van der Waals surface area contributed by atoms with E-state index in [0.29, 0.717) is 6.42 Å². The van der Waals surface area contributed by atoms with Crippen LogP contribution in [0.4, 0.5) is 0 Å². The lowest BCUT2D eigenvalue weighted by Crippen LogP contribution is -2.22. The second kappa shape index (κ2) is 6.21. The molecule has 2 fully saturated rings. The fourth-order valence-electron chi connectivity index (χ4n) is 3.87. The van der Waals surface area contributed by atoms with Crippen molar-refractivity contribution in [3.8, 4) is 0 Å². The van der Waals surface area contributed by atoms with Gasteiger partial charge in [-0.3, -0.25) is 4.79 Å². The van der Waals surface area contributed by atoms with Crippen molar-refractivity contribution in [2.24, 2.45) is 17.8 Å². The van der Waals surface area contributed by atoms with Gasteiger partial charge in [0.15, 0.2) is 0 Å². The maximum absolute atomic E-state index is 11.4. The van der Waals surface area contributed by atoms with Crippen LogP contribution in [0.1, 0.15) is 31.2 Å². The molecule has 3 heteroatoms. The van der Waals surface area contributed by atoms with Gasteiger partial charge in [0.2, 0.25) is 0 Å². The fraction of sp³-hybridized carbons (Fsp3) is 0.588. The summed E-state index contributed by atoms with van der Waals surface area (Å²) in [5.41, 5.74) is 1.13. The maximum Gasteiger partial charge on any atom is 0.316 e. The van der Waals surface area contributed by atoms with Crippen LogP contribution in [-0.4, -0.2) is 22.1 Å². The highest BCUT2D eigenvalue weighted by atomic mass is 32.2. The Morgan fingerprint density at radius 1 is 1.25 bits per heavy atom. The molecule has 3 rings (SSSR count). The summed E-state index contributed by atoms with van der Waals surface area (Å²) in [4.78, 5) is 11.4. The first kappa shape index (κ1) is 14.0. The van der Waals surface area contributed by atoms with Crippen LogP contribution in [0.15, 0.2) is 30.3 Å². The third kappa shape index (κ3) is 3.20. The highest BCUT2D eigenvalue weighted by Gasteiger charge is 2.39. The molecule has 1 aromatic rings. The summed E-state index contributed by atoms with van der Waals surface area (Å²) >= 11 is 1.66. The van der Waals surface area contributed by atoms with E-state index < -0.39 is 5.97 Å². The molecule has 4 unspecified atom stereocenters. The first-order valence-corrected chi connectivity index (χ1v) is 8.65. The van der Waals surface area contributed by atoms with E-state index in [1.807, 2.05) is 30.3 Å². The Hall–Kier alpha value is -0.960. The number of carbonyl (C=O) groups is 1. The average molecular weight is 290 g/mol. The monoisotopic (exact) mass is 290 g/mol. The molecule has 108 valence electrons. The minimum atomic E-state index is -0.665. The average Bonchev–Trinajstić information content (AvgIpc) is 3.06. The highest BCUT2D eigenvalue weighted by molar-refractivity contribution is 8.00. The van der Waals surface area contributed by atoms with Gasteiger partial charge >= 0.3 is 5.97 Å². The van der Waals surface area contributed by atoms with Crippen LogP contribution in [0.5, 0.6) is 0 Å². The van der Waals surface area contributed by atoms with E-state index in [9.17, 15) is 9.90 Å². The molecular formula is C17H22O2S. The highest BCUT2D eigenvalue weighted by Crippen LogP contribution is 2.49. The van der Waals surface area contributed by atoms with Crippen LogP contribution >= 0.6 is 11.8 Å². The third-order valence-electron chi connectivity index (χ3n) is 4.94. The second-order valence-corrected chi connectivity index (χ2v) is 7.52. The molecule has 0 radical (unpaired) electrons. The molecule has 0 spiro atoms. The molecule has 2 saturated carbocycles. The normalized spacial score (nSPS) is 29.5. The van der Waals surface area contributed by atoms with Gasteiger partial charge in [-0.2, -0.15) is 0 Å². The number of rotatable bonds is 6. The number of hydrogen-bond donors (Lipinski definition) is 1. The summed E-state index contributed by atoms with van der Waals surface area (Å²) in [6.07, 6.45) is 6.18. The van der Waals surface area contributed by atoms with Crippen molar-refractivity contribution in [3.63, 3.8) is 0 Å². The summed E-state index contributed by atoms with van der Waals surface area (Å²) in [5.74, 6) is 2.98. The number of fused-ring (bicyclic) bond motifs is 2. The van der Waals surface area contributed by atoms with Crippen molar-refractivity contribution in [2.45, 2.75) is 37.4 Å². The van der Waals surface area contributed by atoms with Gasteiger partial charge in [-0.1, -0.05) is 36.8 Å². The van der Waals surface area contributed by atoms with E-state index in [-0.39, 0.29) is 5.25 Å². The van der Waals surface area contributed by atoms with Gasteiger partial charge in [-0.05, 0) is 54.8 Å². The Kier molecular flexibility index (Phi) is 4.35. The SMILES string of the molecule is O=C(O)C(Cc1ccccc1)SCC1CC2CCC1C2. The van der Waals surface area contributed by atoms with Gasteiger partial charge in [0.05, 0.1) is 0 Å². The summed E-state index contributed by atoms with van der Waals surface area (Å²) in [5, 5.41) is 9.12. The number of thioether (sulfide) groups is 1. The van der Waals surface area contributed by atoms with Gasteiger partial charge in [-0.15, -0.1) is 11.8 Å². The minimum Gasteiger partial charge on any atom is -0.480 e. The minimum absolute atomic E-state index is 0.295. The molecule has 0 saturated heterocycles. The van der Waals surface area contributed by atoms with Gasteiger partial charge in [0.1, 0.15) is 5.25 Å². The van der Waals surface area contributed by atoms with E-state index in [4.69, 9.17) is 0 Å². The van der Waals surface area contributed by atoms with Crippen molar-refractivity contribution in [2.75, 3.05) is 5.75 Å². The van der Waals surface area contributed by atoms with Crippen LogP contribution < -0.4 is 0 Å². The fourth-order valence-corrected chi connectivity index (χ4v) is 5.21. The lowest BCUT2D eigenvalue weighted by Gasteiger charge is -2.22. The topological polar surface area (TPSA) is 37.3 Å². The van der Waals surface area contributed by atoms with Crippen molar-refractivity contribution < 1.29 is 9.90 Å². The lowest BCUT2D eigenvalue weighted by molar-refractivity contribution is -0.136. The first-order chi connectivity index (χ1) is 9.72. The lowest BCUT2D eigenvalue weighted by atomic mass is 9.90. The van der Waals surface area contributed by atoms with Crippen molar-refractivity contribution in [3.05, 3.63) is 35.9 Å². The van der Waals surface area contributed by atoms with Gasteiger partial charge < -0.3 is 5.11 Å². The molecule has 0 amide bonds. The molecule has 0 aliphatic heterocycles. The Bertz CT molecular complexity index is 459.